The Kier molecular flexibility index (Phi) is 6.95. The van der Waals surface area contributed by atoms with Crippen LogP contribution in [0.2, 0.25) is 0 Å². The minimum absolute atomic E-state index is 0.0537. The lowest BCUT2D eigenvalue weighted by Crippen LogP contribution is -2.23. The number of hydrogen-bond donors (Lipinski definition) is 2. The van der Waals surface area contributed by atoms with E-state index in [2.05, 4.69) is 5.32 Å². The number of anilines is 1. The Morgan fingerprint density at radius 1 is 1.24 bits per heavy atom. The van der Waals surface area contributed by atoms with Gasteiger partial charge in [0.1, 0.15) is 16.3 Å². The van der Waals surface area contributed by atoms with Crippen molar-refractivity contribution in [2.24, 2.45) is 0 Å². The van der Waals surface area contributed by atoms with Crippen LogP contribution in [0.25, 0.3) is 15.9 Å². The monoisotopic (exact) mass is 495 g/mol. The molecule has 7 nitrogen and oxygen atoms in total. The van der Waals surface area contributed by atoms with Crippen LogP contribution in [0.1, 0.15) is 22.9 Å². The van der Waals surface area contributed by atoms with Gasteiger partial charge in [0.05, 0.1) is 29.6 Å². The molecule has 0 radical (unpaired) electrons. The third-order valence-corrected chi connectivity index (χ3v) is 7.46. The van der Waals surface area contributed by atoms with Gasteiger partial charge in [0.2, 0.25) is 5.91 Å². The fourth-order valence-electron chi connectivity index (χ4n) is 3.89. The predicted molar refractivity (Wildman–Crippen MR) is 138 cm³/mol. The van der Waals surface area contributed by atoms with Gasteiger partial charge in [-0.3, -0.25) is 14.2 Å². The molecule has 0 saturated carbocycles. The maximum absolute atomic E-state index is 13.7. The van der Waals surface area contributed by atoms with Crippen molar-refractivity contribution in [3.05, 3.63) is 68.8 Å². The number of thiophene rings is 1. The predicted octanol–water partition coefficient (Wildman–Crippen LogP) is 5.07. The van der Waals surface area contributed by atoms with E-state index < -0.39 is 0 Å². The number of fused-ring (bicyclic) bond motifs is 1. The molecule has 0 aliphatic heterocycles. The van der Waals surface area contributed by atoms with Gasteiger partial charge in [-0.15, -0.1) is 11.3 Å². The maximum atomic E-state index is 13.7. The lowest BCUT2D eigenvalue weighted by Gasteiger charge is -2.15. The number of hydrogen-bond acceptors (Lipinski definition) is 7. The van der Waals surface area contributed by atoms with Crippen LogP contribution in [-0.4, -0.2) is 33.4 Å². The fraction of sp³-hybridized carbons (Fsp3) is 0.240. The van der Waals surface area contributed by atoms with Gasteiger partial charge in [0, 0.05) is 4.88 Å². The average Bonchev–Trinajstić information content (AvgIpc) is 3.14. The summed E-state index contributed by atoms with van der Waals surface area (Å²) in [7, 11) is 1.55. The number of methoxy groups -OCH3 is 1. The molecule has 2 N–H and O–H groups in total. The molecule has 0 atom stereocenters. The number of nitrogens with zero attached hydrogens (tertiary/aromatic N) is 2. The zero-order valence-electron chi connectivity index (χ0n) is 19.3. The zero-order valence-corrected chi connectivity index (χ0v) is 21.0. The second kappa shape index (κ2) is 9.90. The summed E-state index contributed by atoms with van der Waals surface area (Å²) in [6, 6.07) is 12.0. The highest BCUT2D eigenvalue weighted by Gasteiger charge is 2.21. The third kappa shape index (κ3) is 4.53. The minimum atomic E-state index is -0.241. The summed E-state index contributed by atoms with van der Waals surface area (Å²) in [6.45, 7) is 5.84. The number of aryl methyl sites for hydroxylation is 3. The Hall–Kier alpha value is -3.30. The molecule has 4 aromatic rings. The summed E-state index contributed by atoms with van der Waals surface area (Å²) in [4.78, 5) is 33.0. The van der Waals surface area contributed by atoms with E-state index in [0.29, 0.717) is 32.5 Å². The molecule has 1 amide bonds. The molecule has 4 rings (SSSR count). The smallest absolute Gasteiger partial charge is 0.267 e. The van der Waals surface area contributed by atoms with Crippen molar-refractivity contribution in [2.45, 2.75) is 32.3 Å². The number of nitrogens with one attached hydrogen (secondary N) is 1. The van der Waals surface area contributed by atoms with Crippen molar-refractivity contribution in [2.75, 3.05) is 18.2 Å². The molecule has 2 aromatic carbocycles. The molecule has 0 saturated heterocycles. The van der Waals surface area contributed by atoms with Gasteiger partial charge < -0.3 is 15.2 Å². The van der Waals surface area contributed by atoms with Gasteiger partial charge in [-0.05, 0) is 61.7 Å². The van der Waals surface area contributed by atoms with Crippen LogP contribution in [0.5, 0.6) is 11.5 Å². The number of phenolic OH excluding ortho intramolecular Hbond substituents is 1. The van der Waals surface area contributed by atoms with E-state index in [4.69, 9.17) is 9.72 Å². The van der Waals surface area contributed by atoms with E-state index in [1.807, 2.05) is 32.9 Å². The van der Waals surface area contributed by atoms with Crippen LogP contribution >= 0.6 is 23.1 Å². The number of para-hydroxylation sites is 2. The minimum Gasteiger partial charge on any atom is -0.508 e. The van der Waals surface area contributed by atoms with Gasteiger partial charge in [-0.1, -0.05) is 30.8 Å². The first-order valence-corrected chi connectivity index (χ1v) is 12.5. The molecule has 2 aromatic heterocycles. The van der Waals surface area contributed by atoms with Crippen LogP contribution in [0.3, 0.4) is 0 Å². The van der Waals surface area contributed by atoms with E-state index in [0.717, 1.165) is 22.4 Å². The zero-order chi connectivity index (χ0) is 24.4. The van der Waals surface area contributed by atoms with E-state index in [9.17, 15) is 14.7 Å². The Labute approximate surface area is 205 Å². The van der Waals surface area contributed by atoms with E-state index >= 15 is 0 Å². The topological polar surface area (TPSA) is 93.4 Å². The van der Waals surface area contributed by atoms with E-state index in [1.54, 1.807) is 42.0 Å². The highest BCUT2D eigenvalue weighted by atomic mass is 32.2. The number of ether oxygens (including phenoxy) is 1. The van der Waals surface area contributed by atoms with Crippen molar-refractivity contribution in [1.29, 1.82) is 0 Å². The van der Waals surface area contributed by atoms with Crippen LogP contribution in [-0.2, 0) is 11.2 Å². The maximum Gasteiger partial charge on any atom is 0.267 e. The van der Waals surface area contributed by atoms with Crippen molar-refractivity contribution in [3.63, 3.8) is 0 Å². The first-order chi connectivity index (χ1) is 16.3. The first-order valence-electron chi connectivity index (χ1n) is 10.7. The Balaban J connectivity index is 1.75. The number of phenols is 1. The Morgan fingerprint density at radius 2 is 2.00 bits per heavy atom. The van der Waals surface area contributed by atoms with Gasteiger partial charge in [-0.2, -0.15) is 0 Å². The van der Waals surface area contributed by atoms with Gasteiger partial charge in [0.25, 0.3) is 5.56 Å². The summed E-state index contributed by atoms with van der Waals surface area (Å²) < 4.78 is 6.84. The van der Waals surface area contributed by atoms with Crippen LogP contribution in [0.4, 0.5) is 5.69 Å². The number of aromatic nitrogens is 2. The standard InChI is InChI=1S/C25H25N3O4S2/c1-5-17-15(3)34-23-22(17)24(31)28(19-11-10-16(29)12-14(19)2)25(27-23)33-13-21(30)26-18-8-6-7-9-20(18)32-4/h6-12,29H,5,13H2,1-4H3,(H,26,30). The van der Waals surface area contributed by atoms with Gasteiger partial charge in [-0.25, -0.2) is 4.98 Å². The fourth-order valence-corrected chi connectivity index (χ4v) is 5.85. The van der Waals surface area contributed by atoms with Crippen LogP contribution < -0.4 is 15.6 Å². The Bertz CT molecular complexity index is 1440. The van der Waals surface area contributed by atoms with E-state index in [1.165, 1.54) is 23.1 Å². The van der Waals surface area contributed by atoms with Gasteiger partial charge >= 0.3 is 0 Å². The largest absolute Gasteiger partial charge is 0.508 e. The summed E-state index contributed by atoms with van der Waals surface area (Å²) in [5.74, 6) is 0.500. The number of carbonyl (C=O) groups is 1. The molecule has 9 heteroatoms. The molecular formula is C25H25N3O4S2. The third-order valence-electron chi connectivity index (χ3n) is 5.48. The van der Waals surface area contributed by atoms with Crippen molar-refractivity contribution < 1.29 is 14.6 Å². The number of carbonyl (C=O) groups excluding carboxylic acids is 1. The molecule has 2 heterocycles. The molecule has 0 aliphatic rings. The lowest BCUT2D eigenvalue weighted by molar-refractivity contribution is -0.113. The normalized spacial score (nSPS) is 11.1. The molecule has 0 spiro atoms. The summed E-state index contributed by atoms with van der Waals surface area (Å²) in [6.07, 6.45) is 0.727. The second-order valence-corrected chi connectivity index (χ2v) is 9.86. The summed E-state index contributed by atoms with van der Waals surface area (Å²) in [5.41, 5.74) is 2.75. The molecule has 0 unspecified atom stereocenters. The number of aromatic hydroxyl groups is 1. The van der Waals surface area contributed by atoms with Crippen molar-refractivity contribution >= 4 is 44.9 Å². The molecule has 0 aliphatic carbocycles. The molecule has 34 heavy (non-hydrogen) atoms. The molecule has 0 bridgehead atoms. The highest BCUT2D eigenvalue weighted by molar-refractivity contribution is 7.99. The summed E-state index contributed by atoms with van der Waals surface area (Å²) >= 11 is 2.68. The number of amides is 1. The number of benzene rings is 2. The van der Waals surface area contributed by atoms with Crippen molar-refractivity contribution in [1.82, 2.24) is 9.55 Å². The average molecular weight is 496 g/mol. The van der Waals surface area contributed by atoms with Crippen molar-refractivity contribution in [3.8, 4) is 17.2 Å². The summed E-state index contributed by atoms with van der Waals surface area (Å²) in [5, 5.41) is 13.8. The van der Waals surface area contributed by atoms with E-state index in [-0.39, 0.29) is 23.0 Å². The highest BCUT2D eigenvalue weighted by Crippen LogP contribution is 2.32. The van der Waals surface area contributed by atoms with Crippen LogP contribution in [0, 0.1) is 13.8 Å². The quantitative estimate of drug-likeness (QED) is 0.275. The molecular weight excluding hydrogens is 470 g/mol. The Morgan fingerprint density at radius 3 is 2.71 bits per heavy atom. The lowest BCUT2D eigenvalue weighted by atomic mass is 10.1. The second-order valence-electron chi connectivity index (χ2n) is 7.71. The molecule has 0 fully saturated rings. The molecule has 176 valence electrons. The van der Waals surface area contributed by atoms with Crippen LogP contribution in [0.15, 0.2) is 52.4 Å². The first kappa shape index (κ1) is 23.8. The SMILES string of the molecule is CCc1c(C)sc2nc(SCC(=O)Nc3ccccc3OC)n(-c3ccc(O)cc3C)c(=O)c12. The number of rotatable bonds is 7. The number of thioether (sulfide) groups is 1. The van der Waals surface area contributed by atoms with Gasteiger partial charge in [0.15, 0.2) is 5.16 Å².